The van der Waals surface area contributed by atoms with Crippen LogP contribution in [0.4, 0.5) is 8.78 Å². The molecule has 1 aromatic rings. The van der Waals surface area contributed by atoms with Gasteiger partial charge in [0.05, 0.1) is 18.8 Å². The Kier molecular flexibility index (Phi) is 7.12. The molecule has 166 valence electrons. The number of hydrogen-bond donors (Lipinski definition) is 0. The van der Waals surface area contributed by atoms with Gasteiger partial charge in [-0.1, -0.05) is 32.8 Å². The van der Waals surface area contributed by atoms with E-state index < -0.39 is 11.6 Å². The summed E-state index contributed by atoms with van der Waals surface area (Å²) in [6, 6.07) is 1.90. The van der Waals surface area contributed by atoms with E-state index >= 15 is 0 Å². The van der Waals surface area contributed by atoms with Crippen molar-refractivity contribution >= 4 is 0 Å². The highest BCUT2D eigenvalue weighted by atomic mass is 19.2. The standard InChI is InChI=1S/C26H36F2O2/c1-3-5-17-7-14-23(29-16-17)19-10-8-18(9-11-19)22-15-20-12-13-21(6-4-2)30-26(20)25(28)24(22)27/h7,15,18-19,21,23H,3-6,8-14,16H2,1-2H3. The van der Waals surface area contributed by atoms with Gasteiger partial charge in [0, 0.05) is 0 Å². The van der Waals surface area contributed by atoms with Gasteiger partial charge in [-0.2, -0.15) is 4.39 Å². The molecule has 1 saturated carbocycles. The molecule has 2 atom stereocenters. The fourth-order valence-electron chi connectivity index (χ4n) is 5.61. The summed E-state index contributed by atoms with van der Waals surface area (Å²) >= 11 is 0. The molecule has 2 nitrogen and oxygen atoms in total. The van der Waals surface area contributed by atoms with Crippen LogP contribution in [0.1, 0.15) is 95.1 Å². The van der Waals surface area contributed by atoms with Crippen molar-refractivity contribution in [1.29, 1.82) is 0 Å². The van der Waals surface area contributed by atoms with E-state index in [0.29, 0.717) is 17.6 Å². The Hall–Kier alpha value is -1.42. The smallest absolute Gasteiger partial charge is 0.201 e. The van der Waals surface area contributed by atoms with E-state index in [-0.39, 0.29) is 17.8 Å². The number of halogens is 2. The van der Waals surface area contributed by atoms with Gasteiger partial charge in [0.15, 0.2) is 11.6 Å². The zero-order chi connectivity index (χ0) is 21.1. The third kappa shape index (κ3) is 4.59. The van der Waals surface area contributed by atoms with Gasteiger partial charge in [0.1, 0.15) is 0 Å². The predicted octanol–water partition coefficient (Wildman–Crippen LogP) is 7.25. The maximum absolute atomic E-state index is 15.0. The molecule has 0 amide bonds. The molecule has 1 fully saturated rings. The first-order valence-electron chi connectivity index (χ1n) is 12.1. The Labute approximate surface area is 180 Å². The Morgan fingerprint density at radius 3 is 2.47 bits per heavy atom. The van der Waals surface area contributed by atoms with E-state index in [1.807, 2.05) is 6.07 Å². The number of fused-ring (bicyclic) bond motifs is 1. The van der Waals surface area contributed by atoms with Crippen LogP contribution >= 0.6 is 0 Å². The van der Waals surface area contributed by atoms with Crippen molar-refractivity contribution in [1.82, 2.24) is 0 Å². The highest BCUT2D eigenvalue weighted by Crippen LogP contribution is 2.43. The highest BCUT2D eigenvalue weighted by molar-refractivity contribution is 5.43. The monoisotopic (exact) mass is 418 g/mol. The van der Waals surface area contributed by atoms with E-state index in [2.05, 4.69) is 19.9 Å². The van der Waals surface area contributed by atoms with Crippen LogP contribution in [-0.4, -0.2) is 18.8 Å². The maximum Gasteiger partial charge on any atom is 0.201 e. The summed E-state index contributed by atoms with van der Waals surface area (Å²) in [6.45, 7) is 5.06. The molecule has 3 aliphatic rings. The molecule has 4 rings (SSSR count). The molecule has 1 aromatic carbocycles. The molecular weight excluding hydrogens is 382 g/mol. The van der Waals surface area contributed by atoms with Crippen molar-refractivity contribution in [2.45, 2.75) is 103 Å². The highest BCUT2D eigenvalue weighted by Gasteiger charge is 2.33. The molecule has 2 unspecified atom stereocenters. The number of aryl methyl sites for hydroxylation is 1. The number of benzene rings is 1. The molecule has 4 heteroatoms. The molecule has 30 heavy (non-hydrogen) atoms. The average molecular weight is 419 g/mol. The van der Waals surface area contributed by atoms with E-state index in [0.717, 1.165) is 82.8 Å². The Bertz CT molecular complexity index is 765. The van der Waals surface area contributed by atoms with Gasteiger partial charge in [0.25, 0.3) is 0 Å². The second-order valence-electron chi connectivity index (χ2n) is 9.46. The topological polar surface area (TPSA) is 18.5 Å². The molecule has 0 radical (unpaired) electrons. The first kappa shape index (κ1) is 21.8. The number of hydrogen-bond acceptors (Lipinski definition) is 2. The molecule has 0 N–H and O–H groups in total. The van der Waals surface area contributed by atoms with Gasteiger partial charge in [-0.05, 0) is 92.4 Å². The lowest BCUT2D eigenvalue weighted by Crippen LogP contribution is -2.30. The van der Waals surface area contributed by atoms with Crippen molar-refractivity contribution in [2.24, 2.45) is 5.92 Å². The first-order chi connectivity index (χ1) is 14.6. The minimum atomic E-state index is -0.769. The molecule has 1 aliphatic carbocycles. The predicted molar refractivity (Wildman–Crippen MR) is 116 cm³/mol. The summed E-state index contributed by atoms with van der Waals surface area (Å²) in [5.41, 5.74) is 2.84. The molecule has 0 bridgehead atoms. The number of rotatable bonds is 6. The van der Waals surface area contributed by atoms with Crippen LogP contribution in [0.5, 0.6) is 5.75 Å². The van der Waals surface area contributed by atoms with E-state index in [4.69, 9.17) is 9.47 Å². The van der Waals surface area contributed by atoms with Gasteiger partial charge < -0.3 is 9.47 Å². The Balaban J connectivity index is 1.40. The van der Waals surface area contributed by atoms with Gasteiger partial charge >= 0.3 is 0 Å². The molecule has 0 spiro atoms. The summed E-state index contributed by atoms with van der Waals surface area (Å²) in [5.74, 6) is -0.654. The lowest BCUT2D eigenvalue weighted by atomic mass is 9.75. The molecule has 2 heterocycles. The van der Waals surface area contributed by atoms with Crippen molar-refractivity contribution < 1.29 is 18.3 Å². The van der Waals surface area contributed by atoms with Gasteiger partial charge in [-0.15, -0.1) is 0 Å². The zero-order valence-corrected chi connectivity index (χ0v) is 18.5. The summed E-state index contributed by atoms with van der Waals surface area (Å²) in [4.78, 5) is 0. The first-order valence-corrected chi connectivity index (χ1v) is 12.1. The van der Waals surface area contributed by atoms with Crippen LogP contribution in [-0.2, 0) is 11.2 Å². The zero-order valence-electron chi connectivity index (χ0n) is 18.5. The summed E-state index contributed by atoms with van der Waals surface area (Å²) in [6.07, 6.45) is 13.4. The minimum absolute atomic E-state index is 0.0140. The second-order valence-corrected chi connectivity index (χ2v) is 9.46. The van der Waals surface area contributed by atoms with Crippen LogP contribution in [0, 0.1) is 17.6 Å². The van der Waals surface area contributed by atoms with Crippen LogP contribution in [0.2, 0.25) is 0 Å². The summed E-state index contributed by atoms with van der Waals surface area (Å²) < 4.78 is 41.8. The normalized spacial score (nSPS) is 29.1. The van der Waals surface area contributed by atoms with Crippen molar-refractivity contribution in [3.8, 4) is 5.75 Å². The van der Waals surface area contributed by atoms with Crippen LogP contribution in [0.3, 0.4) is 0 Å². The van der Waals surface area contributed by atoms with E-state index in [1.165, 1.54) is 5.57 Å². The molecular formula is C26H36F2O2. The minimum Gasteiger partial charge on any atom is -0.487 e. The SMILES string of the molecule is CCCC1=CCC(C2CCC(c3cc4c(c(F)c3F)OC(CCC)CC4)CC2)OC1. The van der Waals surface area contributed by atoms with Gasteiger partial charge in [-0.3, -0.25) is 0 Å². The molecule has 0 aromatic heterocycles. The van der Waals surface area contributed by atoms with Crippen molar-refractivity contribution in [3.05, 3.63) is 40.5 Å². The third-order valence-corrected chi connectivity index (χ3v) is 7.33. The lowest BCUT2D eigenvalue weighted by Gasteiger charge is -2.36. The van der Waals surface area contributed by atoms with E-state index in [1.54, 1.807) is 0 Å². The quantitative estimate of drug-likeness (QED) is 0.453. The van der Waals surface area contributed by atoms with Gasteiger partial charge in [-0.25, -0.2) is 4.39 Å². The second kappa shape index (κ2) is 9.80. The lowest BCUT2D eigenvalue weighted by molar-refractivity contribution is 0.00349. The van der Waals surface area contributed by atoms with Crippen molar-refractivity contribution in [2.75, 3.05) is 6.61 Å². The molecule has 2 aliphatic heterocycles. The average Bonchev–Trinajstić information content (AvgIpc) is 2.78. The fraction of sp³-hybridized carbons (Fsp3) is 0.692. The third-order valence-electron chi connectivity index (χ3n) is 7.33. The fourth-order valence-corrected chi connectivity index (χ4v) is 5.61. The van der Waals surface area contributed by atoms with Gasteiger partial charge in [0.2, 0.25) is 5.82 Å². The van der Waals surface area contributed by atoms with Crippen LogP contribution in [0.25, 0.3) is 0 Å². The maximum atomic E-state index is 15.0. The van der Waals surface area contributed by atoms with E-state index in [9.17, 15) is 8.78 Å². The van der Waals surface area contributed by atoms with Crippen LogP contribution in [0.15, 0.2) is 17.7 Å². The summed E-state index contributed by atoms with van der Waals surface area (Å²) in [5, 5.41) is 0. The Morgan fingerprint density at radius 2 is 1.80 bits per heavy atom. The largest absolute Gasteiger partial charge is 0.487 e. The summed E-state index contributed by atoms with van der Waals surface area (Å²) in [7, 11) is 0. The number of ether oxygens (including phenoxy) is 2. The van der Waals surface area contributed by atoms with Crippen molar-refractivity contribution in [3.63, 3.8) is 0 Å². The Morgan fingerprint density at radius 1 is 1.00 bits per heavy atom. The van der Waals surface area contributed by atoms with Crippen LogP contribution < -0.4 is 4.74 Å². The molecule has 0 saturated heterocycles.